The molecule has 4 nitrogen and oxygen atoms in total. The molecule has 4 heteroatoms. The summed E-state index contributed by atoms with van der Waals surface area (Å²) in [6.07, 6.45) is 5.42. The van der Waals surface area contributed by atoms with Gasteiger partial charge in [0.05, 0.1) is 6.20 Å². The highest BCUT2D eigenvalue weighted by Crippen LogP contribution is 2.28. The molecule has 92 valence electrons. The molecular weight excluding hydrogens is 226 g/mol. The summed E-state index contributed by atoms with van der Waals surface area (Å²) < 4.78 is 5.75. The highest BCUT2D eigenvalue weighted by molar-refractivity contribution is 5.93. The number of para-hydroxylation sites is 1. The number of benzene rings is 1. The third kappa shape index (κ3) is 1.91. The summed E-state index contributed by atoms with van der Waals surface area (Å²) in [5.74, 6) is 1.56. The van der Waals surface area contributed by atoms with Gasteiger partial charge < -0.3 is 15.1 Å². The number of hydrogen-bond acceptors (Lipinski definition) is 3. The number of rotatable bonds is 4. The molecule has 0 unspecified atom stereocenters. The Balaban J connectivity index is 1.96. The molecule has 0 fully saturated rings. The molecule has 1 aromatic carbocycles. The molecule has 0 amide bonds. The minimum absolute atomic E-state index is 0.658. The van der Waals surface area contributed by atoms with Crippen LogP contribution in [-0.2, 0) is 6.42 Å². The number of aryl methyl sites for hydroxylation is 1. The second-order valence-corrected chi connectivity index (χ2v) is 4.26. The molecule has 2 heterocycles. The maximum atomic E-state index is 5.75. The molecule has 3 N–H and O–H groups in total. The molecule has 0 aliphatic heterocycles. The van der Waals surface area contributed by atoms with Gasteiger partial charge in [-0.15, -0.1) is 0 Å². The minimum Gasteiger partial charge on any atom is -0.441 e. The van der Waals surface area contributed by atoms with Crippen LogP contribution in [0, 0.1) is 0 Å². The third-order valence-electron chi connectivity index (χ3n) is 3.00. The summed E-state index contributed by atoms with van der Waals surface area (Å²) in [5.41, 5.74) is 7.63. The summed E-state index contributed by atoms with van der Waals surface area (Å²) in [5, 5.41) is 1.15. The fourth-order valence-electron chi connectivity index (χ4n) is 2.08. The lowest BCUT2D eigenvalue weighted by atomic mass is 10.1. The minimum atomic E-state index is 0.658. The molecule has 3 aromatic rings. The molecule has 0 spiro atoms. The first-order valence-corrected chi connectivity index (χ1v) is 6.10. The Kier molecular flexibility index (Phi) is 2.86. The van der Waals surface area contributed by atoms with Crippen LogP contribution >= 0.6 is 0 Å². The van der Waals surface area contributed by atoms with Gasteiger partial charge in [-0.05, 0) is 19.0 Å². The van der Waals surface area contributed by atoms with E-state index in [1.54, 1.807) is 6.20 Å². The van der Waals surface area contributed by atoms with Gasteiger partial charge >= 0.3 is 0 Å². The van der Waals surface area contributed by atoms with E-state index in [4.69, 9.17) is 10.2 Å². The van der Waals surface area contributed by atoms with E-state index in [1.165, 1.54) is 0 Å². The van der Waals surface area contributed by atoms with Crippen molar-refractivity contribution in [1.29, 1.82) is 0 Å². The molecule has 0 radical (unpaired) electrons. The molecule has 3 rings (SSSR count). The van der Waals surface area contributed by atoms with Crippen molar-refractivity contribution in [2.75, 3.05) is 6.54 Å². The van der Waals surface area contributed by atoms with Crippen molar-refractivity contribution in [2.24, 2.45) is 5.73 Å². The lowest BCUT2D eigenvalue weighted by Gasteiger charge is -1.94. The summed E-state index contributed by atoms with van der Waals surface area (Å²) in [6.45, 7) is 0.658. The summed E-state index contributed by atoms with van der Waals surface area (Å²) in [6, 6.07) is 8.15. The topological polar surface area (TPSA) is 67.8 Å². The predicted octanol–water partition coefficient (Wildman–Crippen LogP) is 2.71. The average Bonchev–Trinajstić information content (AvgIpc) is 3.02. The fraction of sp³-hybridized carbons (Fsp3) is 0.214. The first-order valence-electron chi connectivity index (χ1n) is 6.10. The van der Waals surface area contributed by atoms with Gasteiger partial charge in [-0.2, -0.15) is 0 Å². The second kappa shape index (κ2) is 4.66. The van der Waals surface area contributed by atoms with E-state index in [-0.39, 0.29) is 0 Å². The van der Waals surface area contributed by atoms with Gasteiger partial charge in [-0.3, -0.25) is 0 Å². The van der Waals surface area contributed by atoms with Crippen LogP contribution in [0.25, 0.3) is 22.2 Å². The van der Waals surface area contributed by atoms with Crippen LogP contribution in [0.15, 0.2) is 41.1 Å². The highest BCUT2D eigenvalue weighted by Gasteiger charge is 2.10. The highest BCUT2D eigenvalue weighted by atomic mass is 16.4. The van der Waals surface area contributed by atoms with E-state index >= 15 is 0 Å². The smallest absolute Gasteiger partial charge is 0.194 e. The van der Waals surface area contributed by atoms with Crippen LogP contribution in [0.4, 0.5) is 0 Å². The molecule has 0 saturated carbocycles. The van der Waals surface area contributed by atoms with Gasteiger partial charge in [0.2, 0.25) is 0 Å². The second-order valence-electron chi connectivity index (χ2n) is 4.26. The Morgan fingerprint density at radius 3 is 3.06 bits per heavy atom. The fourth-order valence-corrected chi connectivity index (χ4v) is 2.08. The number of hydrogen-bond donors (Lipinski definition) is 2. The molecule has 0 atom stereocenters. The largest absolute Gasteiger partial charge is 0.441 e. The predicted molar refractivity (Wildman–Crippen MR) is 71.2 cm³/mol. The quantitative estimate of drug-likeness (QED) is 0.738. The zero-order valence-corrected chi connectivity index (χ0v) is 10.0. The molecule has 0 aliphatic carbocycles. The number of aromatic nitrogens is 2. The lowest BCUT2D eigenvalue weighted by molar-refractivity contribution is 0.500. The van der Waals surface area contributed by atoms with Gasteiger partial charge in [0.1, 0.15) is 0 Å². The molecule has 0 saturated heterocycles. The molecule has 2 aromatic heterocycles. The average molecular weight is 241 g/mol. The Morgan fingerprint density at radius 1 is 1.28 bits per heavy atom. The van der Waals surface area contributed by atoms with Gasteiger partial charge in [-0.25, -0.2) is 4.98 Å². The Labute approximate surface area is 105 Å². The normalized spacial score (nSPS) is 11.2. The molecule has 0 aliphatic rings. The van der Waals surface area contributed by atoms with Gasteiger partial charge in [0.25, 0.3) is 0 Å². The molecular formula is C14H15N3O. The number of nitrogens with one attached hydrogen (secondary N) is 1. The van der Waals surface area contributed by atoms with Crippen LogP contribution in [0.3, 0.4) is 0 Å². The SMILES string of the molecule is NCCCc1ncc(-c2c[nH]c3ccccc23)o1. The number of oxazole rings is 1. The van der Waals surface area contributed by atoms with E-state index in [0.717, 1.165) is 41.0 Å². The Morgan fingerprint density at radius 2 is 2.17 bits per heavy atom. The number of nitrogens with zero attached hydrogens (tertiary/aromatic N) is 1. The first-order chi connectivity index (χ1) is 8.88. The maximum Gasteiger partial charge on any atom is 0.194 e. The summed E-state index contributed by atoms with van der Waals surface area (Å²) >= 11 is 0. The van der Waals surface area contributed by atoms with E-state index in [2.05, 4.69) is 16.0 Å². The summed E-state index contributed by atoms with van der Waals surface area (Å²) in [4.78, 5) is 7.51. The van der Waals surface area contributed by atoms with Crippen LogP contribution in [0.5, 0.6) is 0 Å². The zero-order valence-electron chi connectivity index (χ0n) is 10.0. The lowest BCUT2D eigenvalue weighted by Crippen LogP contribution is -2.00. The molecule has 18 heavy (non-hydrogen) atoms. The number of aromatic amines is 1. The van der Waals surface area contributed by atoms with Crippen LogP contribution < -0.4 is 5.73 Å². The maximum absolute atomic E-state index is 5.75. The zero-order chi connectivity index (χ0) is 12.4. The number of nitrogens with two attached hydrogens (primary N) is 1. The van der Waals surface area contributed by atoms with Crippen molar-refractivity contribution in [3.8, 4) is 11.3 Å². The van der Waals surface area contributed by atoms with Crippen molar-refractivity contribution >= 4 is 10.9 Å². The standard InChI is InChI=1S/C14H15N3O/c15-7-3-6-14-17-9-13(18-14)11-8-16-12-5-2-1-4-10(11)12/h1-2,4-5,8-9,16H,3,6-7,15H2. The number of fused-ring (bicyclic) bond motifs is 1. The first kappa shape index (κ1) is 11.0. The van der Waals surface area contributed by atoms with Crippen molar-refractivity contribution in [1.82, 2.24) is 9.97 Å². The third-order valence-corrected chi connectivity index (χ3v) is 3.00. The van der Waals surface area contributed by atoms with Crippen molar-refractivity contribution in [2.45, 2.75) is 12.8 Å². The van der Waals surface area contributed by atoms with E-state index in [0.29, 0.717) is 6.54 Å². The van der Waals surface area contributed by atoms with Crippen LogP contribution in [0.2, 0.25) is 0 Å². The van der Waals surface area contributed by atoms with Gasteiger partial charge in [0, 0.05) is 29.1 Å². The van der Waals surface area contributed by atoms with Crippen molar-refractivity contribution in [3.63, 3.8) is 0 Å². The van der Waals surface area contributed by atoms with E-state index in [9.17, 15) is 0 Å². The van der Waals surface area contributed by atoms with E-state index in [1.807, 2.05) is 24.4 Å². The van der Waals surface area contributed by atoms with Gasteiger partial charge in [-0.1, -0.05) is 18.2 Å². The monoisotopic (exact) mass is 241 g/mol. The number of H-pyrrole nitrogens is 1. The Bertz CT molecular complexity index is 654. The van der Waals surface area contributed by atoms with Crippen molar-refractivity contribution in [3.05, 3.63) is 42.5 Å². The van der Waals surface area contributed by atoms with Crippen LogP contribution in [0.1, 0.15) is 12.3 Å². The van der Waals surface area contributed by atoms with Crippen LogP contribution in [-0.4, -0.2) is 16.5 Å². The Hall–Kier alpha value is -2.07. The van der Waals surface area contributed by atoms with E-state index < -0.39 is 0 Å². The van der Waals surface area contributed by atoms with Crippen molar-refractivity contribution < 1.29 is 4.42 Å². The van der Waals surface area contributed by atoms with Gasteiger partial charge in [0.15, 0.2) is 11.7 Å². The summed E-state index contributed by atoms with van der Waals surface area (Å²) in [7, 11) is 0. The molecule has 0 bridgehead atoms.